The maximum Gasteiger partial charge on any atom is 0.246 e. The van der Waals surface area contributed by atoms with Crippen molar-refractivity contribution >= 4 is 12.0 Å². The molecule has 0 radical (unpaired) electrons. The van der Waals surface area contributed by atoms with Gasteiger partial charge < -0.3 is 9.32 Å². The van der Waals surface area contributed by atoms with E-state index in [1.54, 1.807) is 18.0 Å². The zero-order chi connectivity index (χ0) is 15.5. The summed E-state index contributed by atoms with van der Waals surface area (Å²) in [6.07, 6.45) is 4.64. The summed E-state index contributed by atoms with van der Waals surface area (Å²) < 4.78 is 5.84. The molecule has 1 fully saturated rings. The fourth-order valence-electron chi connectivity index (χ4n) is 2.57. The van der Waals surface area contributed by atoms with Crippen LogP contribution >= 0.6 is 0 Å². The summed E-state index contributed by atoms with van der Waals surface area (Å²) in [6, 6.07) is 13.8. The van der Waals surface area contributed by atoms with Crippen LogP contribution in [0.3, 0.4) is 0 Å². The first kappa shape index (κ1) is 14.6. The van der Waals surface area contributed by atoms with Crippen molar-refractivity contribution in [2.24, 2.45) is 5.92 Å². The monoisotopic (exact) mass is 295 g/mol. The smallest absolute Gasteiger partial charge is 0.246 e. The molecule has 3 nitrogen and oxygen atoms in total. The molecule has 0 unspecified atom stereocenters. The van der Waals surface area contributed by atoms with Crippen molar-refractivity contribution in [3.05, 3.63) is 65.6 Å². The minimum atomic E-state index is -0.0263. The number of carbonyl (C=O) groups excluding carboxylic acids is 1. The Labute approximate surface area is 131 Å². The van der Waals surface area contributed by atoms with Crippen molar-refractivity contribution in [3.8, 4) is 0 Å². The Morgan fingerprint density at radius 1 is 1.27 bits per heavy atom. The van der Waals surface area contributed by atoms with E-state index < -0.39 is 0 Å². The number of hydrogen-bond acceptors (Lipinski definition) is 2. The number of benzene rings is 1. The van der Waals surface area contributed by atoms with Gasteiger partial charge in [-0.05, 0) is 36.1 Å². The van der Waals surface area contributed by atoms with Crippen molar-refractivity contribution in [1.29, 1.82) is 0 Å². The predicted octanol–water partition coefficient (Wildman–Crippen LogP) is 4.07. The Kier molecular flexibility index (Phi) is 4.14. The van der Waals surface area contributed by atoms with Gasteiger partial charge in [0.1, 0.15) is 11.5 Å². The summed E-state index contributed by atoms with van der Waals surface area (Å²) in [5.74, 6) is 3.18. The van der Waals surface area contributed by atoms with E-state index in [1.807, 2.05) is 48.5 Å². The molecule has 1 aromatic heterocycles. The van der Waals surface area contributed by atoms with Crippen LogP contribution in [0.4, 0.5) is 0 Å². The van der Waals surface area contributed by atoms with E-state index in [1.165, 1.54) is 6.42 Å². The van der Waals surface area contributed by atoms with Crippen molar-refractivity contribution in [2.75, 3.05) is 7.05 Å². The number of hydrogen-bond donors (Lipinski definition) is 0. The molecule has 1 aliphatic rings. The lowest BCUT2D eigenvalue weighted by atomic mass is 10.2. The third-order valence-corrected chi connectivity index (χ3v) is 4.14. The molecular formula is C19H21NO2. The predicted molar refractivity (Wildman–Crippen MR) is 87.2 cm³/mol. The lowest BCUT2D eigenvalue weighted by Gasteiger charge is -2.13. The van der Waals surface area contributed by atoms with Crippen molar-refractivity contribution in [3.63, 3.8) is 0 Å². The molecule has 1 aromatic carbocycles. The van der Waals surface area contributed by atoms with Crippen LogP contribution in [0.1, 0.15) is 36.3 Å². The molecule has 1 heterocycles. The van der Waals surface area contributed by atoms with Crippen LogP contribution in [-0.4, -0.2) is 17.9 Å². The maximum absolute atomic E-state index is 12.1. The highest BCUT2D eigenvalue weighted by atomic mass is 16.3. The molecule has 3 rings (SSSR count). The lowest BCUT2D eigenvalue weighted by molar-refractivity contribution is -0.125. The van der Waals surface area contributed by atoms with Crippen LogP contribution in [-0.2, 0) is 11.3 Å². The molecule has 2 aromatic rings. The number of likely N-dealkylation sites (N-methyl/N-ethyl adjacent to an activating group) is 1. The van der Waals surface area contributed by atoms with Crippen LogP contribution in [0.5, 0.6) is 0 Å². The fourth-order valence-corrected chi connectivity index (χ4v) is 2.57. The van der Waals surface area contributed by atoms with Crippen LogP contribution < -0.4 is 0 Å². The van der Waals surface area contributed by atoms with Crippen LogP contribution in [0.2, 0.25) is 0 Å². The topological polar surface area (TPSA) is 33.5 Å². The number of nitrogens with zero attached hydrogens (tertiary/aromatic N) is 1. The van der Waals surface area contributed by atoms with E-state index in [4.69, 9.17) is 4.42 Å². The summed E-state index contributed by atoms with van der Waals surface area (Å²) >= 11 is 0. The second-order valence-corrected chi connectivity index (χ2v) is 6.06. The van der Waals surface area contributed by atoms with E-state index in [2.05, 4.69) is 6.92 Å². The maximum atomic E-state index is 12.1. The minimum Gasteiger partial charge on any atom is -0.464 e. The molecule has 3 heteroatoms. The van der Waals surface area contributed by atoms with E-state index in [0.717, 1.165) is 23.0 Å². The molecule has 0 saturated heterocycles. The van der Waals surface area contributed by atoms with Gasteiger partial charge in [-0.2, -0.15) is 0 Å². The summed E-state index contributed by atoms with van der Waals surface area (Å²) in [4.78, 5) is 13.8. The van der Waals surface area contributed by atoms with Crippen LogP contribution in [0.15, 0.2) is 53.0 Å². The molecule has 0 bridgehead atoms. The Hall–Kier alpha value is -2.29. The molecule has 22 heavy (non-hydrogen) atoms. The highest BCUT2D eigenvalue weighted by Crippen LogP contribution is 2.47. The van der Waals surface area contributed by atoms with Gasteiger partial charge in [0.2, 0.25) is 5.91 Å². The van der Waals surface area contributed by atoms with Gasteiger partial charge in [-0.15, -0.1) is 0 Å². The Morgan fingerprint density at radius 3 is 2.68 bits per heavy atom. The molecule has 0 spiro atoms. The highest BCUT2D eigenvalue weighted by Gasteiger charge is 2.36. The highest BCUT2D eigenvalue weighted by molar-refractivity contribution is 5.91. The molecule has 1 aliphatic carbocycles. The standard InChI is InChI=1S/C19H21NO2/c1-14-12-17(14)18-10-9-16(22-18)13-20(2)19(21)11-8-15-6-4-3-5-7-15/h3-11,14,17H,12-13H2,1-2H3/b11-8+/t14-,17-/m1/s1. The van der Waals surface area contributed by atoms with Crippen LogP contribution in [0.25, 0.3) is 6.08 Å². The molecule has 1 saturated carbocycles. The van der Waals surface area contributed by atoms with Gasteiger partial charge in [-0.3, -0.25) is 4.79 Å². The summed E-state index contributed by atoms with van der Waals surface area (Å²) in [5.41, 5.74) is 1.02. The van der Waals surface area contributed by atoms with Crippen molar-refractivity contribution < 1.29 is 9.21 Å². The molecular weight excluding hydrogens is 274 g/mol. The second kappa shape index (κ2) is 6.22. The van der Waals surface area contributed by atoms with Crippen LogP contribution in [0, 0.1) is 5.92 Å². The van der Waals surface area contributed by atoms with E-state index >= 15 is 0 Å². The van der Waals surface area contributed by atoms with Gasteiger partial charge in [0.15, 0.2) is 0 Å². The third-order valence-electron chi connectivity index (χ3n) is 4.14. The average molecular weight is 295 g/mol. The van der Waals surface area contributed by atoms with Gasteiger partial charge in [-0.25, -0.2) is 0 Å². The zero-order valence-corrected chi connectivity index (χ0v) is 13.0. The number of furan rings is 1. The zero-order valence-electron chi connectivity index (χ0n) is 13.0. The molecule has 2 atom stereocenters. The first-order chi connectivity index (χ1) is 10.6. The van der Waals surface area contributed by atoms with Gasteiger partial charge in [0, 0.05) is 19.0 Å². The number of carbonyl (C=O) groups is 1. The molecule has 114 valence electrons. The van der Waals surface area contributed by atoms with Crippen molar-refractivity contribution in [1.82, 2.24) is 4.90 Å². The Morgan fingerprint density at radius 2 is 2.00 bits per heavy atom. The van der Waals surface area contributed by atoms with E-state index in [-0.39, 0.29) is 5.91 Å². The molecule has 1 amide bonds. The van der Waals surface area contributed by atoms with Gasteiger partial charge in [-0.1, -0.05) is 37.3 Å². The fraction of sp³-hybridized carbons (Fsp3) is 0.316. The Balaban J connectivity index is 1.57. The average Bonchev–Trinajstić information content (AvgIpc) is 3.08. The van der Waals surface area contributed by atoms with E-state index in [0.29, 0.717) is 12.5 Å². The van der Waals surface area contributed by atoms with Gasteiger partial charge in [0.05, 0.1) is 6.54 Å². The first-order valence-corrected chi connectivity index (χ1v) is 7.70. The van der Waals surface area contributed by atoms with E-state index in [9.17, 15) is 4.79 Å². The summed E-state index contributed by atoms with van der Waals surface area (Å²) in [7, 11) is 1.79. The number of rotatable bonds is 5. The molecule has 0 N–H and O–H groups in total. The summed E-state index contributed by atoms with van der Waals surface area (Å²) in [6.45, 7) is 2.73. The molecule has 0 aliphatic heterocycles. The number of amides is 1. The lowest BCUT2D eigenvalue weighted by Crippen LogP contribution is -2.23. The summed E-state index contributed by atoms with van der Waals surface area (Å²) in [5, 5.41) is 0. The van der Waals surface area contributed by atoms with Gasteiger partial charge >= 0.3 is 0 Å². The second-order valence-electron chi connectivity index (χ2n) is 6.06. The van der Waals surface area contributed by atoms with Gasteiger partial charge in [0.25, 0.3) is 0 Å². The largest absolute Gasteiger partial charge is 0.464 e. The van der Waals surface area contributed by atoms with Crippen molar-refractivity contribution in [2.45, 2.75) is 25.8 Å². The Bertz CT molecular complexity index is 672. The first-order valence-electron chi connectivity index (χ1n) is 7.70. The SMILES string of the molecule is C[C@@H]1C[C@H]1c1ccc(CN(C)C(=O)/C=C/c2ccccc2)o1. The third kappa shape index (κ3) is 3.48. The quantitative estimate of drug-likeness (QED) is 0.779. The minimum absolute atomic E-state index is 0.0263. The normalized spacial score (nSPS) is 20.3.